The van der Waals surface area contributed by atoms with Gasteiger partial charge in [-0.3, -0.25) is 10.1 Å². The zero-order valence-corrected chi connectivity index (χ0v) is 14.9. The van der Waals surface area contributed by atoms with Crippen LogP contribution in [0.4, 0.5) is 15.6 Å². The lowest BCUT2D eigenvalue weighted by Gasteiger charge is -2.10. The third-order valence-electron chi connectivity index (χ3n) is 2.82. The second-order valence-electron chi connectivity index (χ2n) is 4.59. The first-order valence-corrected chi connectivity index (χ1v) is 9.11. The Balaban J connectivity index is 1.90. The van der Waals surface area contributed by atoms with Gasteiger partial charge in [0.25, 0.3) is 0 Å². The van der Waals surface area contributed by atoms with Gasteiger partial charge in [0.1, 0.15) is 5.25 Å². The third kappa shape index (κ3) is 5.50. The topological polar surface area (TPSA) is 93.2 Å². The molecule has 7 nitrogen and oxygen atoms in total. The Morgan fingerprint density at radius 2 is 1.96 bits per heavy atom. The second-order valence-corrected chi connectivity index (χ2v) is 7.01. The normalized spacial score (nSPS) is 11.6. The number of amides is 2. The molecule has 128 valence electrons. The molecule has 0 fully saturated rings. The lowest BCUT2D eigenvalue weighted by Crippen LogP contribution is -2.19. The van der Waals surface area contributed by atoms with E-state index in [0.29, 0.717) is 28.2 Å². The van der Waals surface area contributed by atoms with Crippen molar-refractivity contribution in [1.82, 2.24) is 10.2 Å². The number of para-hydroxylation sites is 1. The van der Waals surface area contributed by atoms with Crippen LogP contribution >= 0.6 is 23.1 Å². The summed E-state index contributed by atoms with van der Waals surface area (Å²) in [6.07, 6.45) is 0.625. The van der Waals surface area contributed by atoms with Crippen molar-refractivity contribution in [2.45, 2.75) is 29.9 Å². The number of esters is 1. The summed E-state index contributed by atoms with van der Waals surface area (Å²) in [5.41, 5.74) is 0.683. The fraction of sp³-hybridized carbons (Fsp3) is 0.333. The van der Waals surface area contributed by atoms with Crippen LogP contribution in [0.2, 0.25) is 0 Å². The number of hydrogen-bond donors (Lipinski definition) is 2. The van der Waals surface area contributed by atoms with Crippen molar-refractivity contribution in [3.8, 4) is 0 Å². The first-order chi connectivity index (χ1) is 11.6. The van der Waals surface area contributed by atoms with Gasteiger partial charge in [-0.2, -0.15) is 0 Å². The Hall–Kier alpha value is -2.13. The number of ether oxygens (including phenoxy) is 1. The Bertz CT molecular complexity index is 678. The third-order valence-corrected chi connectivity index (χ3v) is 5.09. The van der Waals surface area contributed by atoms with Crippen molar-refractivity contribution in [2.75, 3.05) is 17.2 Å². The van der Waals surface area contributed by atoms with Gasteiger partial charge in [-0.25, -0.2) is 4.79 Å². The summed E-state index contributed by atoms with van der Waals surface area (Å²) in [7, 11) is 0. The molecule has 2 N–H and O–H groups in total. The molecule has 0 radical (unpaired) electrons. The predicted octanol–water partition coefficient (Wildman–Crippen LogP) is 3.62. The van der Waals surface area contributed by atoms with Crippen molar-refractivity contribution in [3.05, 3.63) is 30.3 Å². The number of anilines is 2. The van der Waals surface area contributed by atoms with Crippen LogP contribution in [-0.2, 0) is 9.53 Å². The molecule has 9 heteroatoms. The number of thioether (sulfide) groups is 1. The number of benzene rings is 1. The Kier molecular flexibility index (Phi) is 7.01. The lowest BCUT2D eigenvalue weighted by atomic mass is 10.3. The van der Waals surface area contributed by atoms with Gasteiger partial charge >= 0.3 is 12.0 Å². The highest BCUT2D eigenvalue weighted by molar-refractivity contribution is 8.02. The lowest BCUT2D eigenvalue weighted by molar-refractivity contribution is -0.142. The van der Waals surface area contributed by atoms with Gasteiger partial charge in [-0.05, 0) is 25.5 Å². The second kappa shape index (κ2) is 9.24. The number of carbonyl (C=O) groups is 2. The van der Waals surface area contributed by atoms with Gasteiger partial charge < -0.3 is 10.1 Å². The molecule has 2 rings (SSSR count). The molecule has 0 aliphatic rings. The standard InChI is InChI=1S/C15H18N4O3S2/c1-3-11(12(20)22-4-2)23-15-19-18-14(24-15)17-13(21)16-10-8-6-5-7-9-10/h5-9,11H,3-4H2,1-2H3,(H2,16,17,18,21)/t11-/m1/s1. The fourth-order valence-corrected chi connectivity index (χ4v) is 3.66. The van der Waals surface area contributed by atoms with Crippen molar-refractivity contribution in [3.63, 3.8) is 0 Å². The average Bonchev–Trinajstić information content (AvgIpc) is 3.00. The van der Waals surface area contributed by atoms with Gasteiger partial charge in [0, 0.05) is 5.69 Å². The summed E-state index contributed by atoms with van der Waals surface area (Å²) >= 11 is 2.50. The molecule has 0 saturated carbocycles. The zero-order valence-electron chi connectivity index (χ0n) is 13.3. The monoisotopic (exact) mass is 366 g/mol. The zero-order chi connectivity index (χ0) is 17.4. The van der Waals surface area contributed by atoms with Crippen LogP contribution in [0.5, 0.6) is 0 Å². The summed E-state index contributed by atoms with van der Waals surface area (Å²) in [5.74, 6) is -0.267. The minimum absolute atomic E-state index is 0.267. The molecule has 1 aromatic heterocycles. The van der Waals surface area contributed by atoms with E-state index in [1.54, 1.807) is 19.1 Å². The van der Waals surface area contributed by atoms with Crippen LogP contribution in [0.25, 0.3) is 0 Å². The number of rotatable bonds is 7. The van der Waals surface area contributed by atoms with E-state index < -0.39 is 6.03 Å². The highest BCUT2D eigenvalue weighted by atomic mass is 32.2. The molecule has 24 heavy (non-hydrogen) atoms. The highest BCUT2D eigenvalue weighted by Crippen LogP contribution is 2.31. The van der Waals surface area contributed by atoms with E-state index in [0.717, 1.165) is 0 Å². The maximum Gasteiger partial charge on any atom is 0.325 e. The maximum absolute atomic E-state index is 11.9. The van der Waals surface area contributed by atoms with Crippen LogP contribution < -0.4 is 10.6 Å². The molecular formula is C15H18N4O3S2. The average molecular weight is 366 g/mol. The molecule has 0 saturated heterocycles. The number of aromatic nitrogens is 2. The Morgan fingerprint density at radius 1 is 1.21 bits per heavy atom. The molecule has 2 aromatic rings. The van der Waals surface area contributed by atoms with E-state index in [1.807, 2.05) is 25.1 Å². The predicted molar refractivity (Wildman–Crippen MR) is 95.6 cm³/mol. The molecule has 0 aliphatic heterocycles. The Morgan fingerprint density at radius 3 is 2.62 bits per heavy atom. The largest absolute Gasteiger partial charge is 0.465 e. The number of nitrogens with zero attached hydrogens (tertiary/aromatic N) is 2. The van der Waals surface area contributed by atoms with Crippen LogP contribution in [0.15, 0.2) is 34.7 Å². The van der Waals surface area contributed by atoms with E-state index in [4.69, 9.17) is 4.74 Å². The number of nitrogens with one attached hydrogen (secondary N) is 2. The highest BCUT2D eigenvalue weighted by Gasteiger charge is 2.21. The minimum atomic E-state index is -0.397. The smallest absolute Gasteiger partial charge is 0.325 e. The van der Waals surface area contributed by atoms with E-state index in [-0.39, 0.29) is 11.2 Å². The van der Waals surface area contributed by atoms with E-state index in [9.17, 15) is 9.59 Å². The van der Waals surface area contributed by atoms with Crippen LogP contribution in [0.3, 0.4) is 0 Å². The molecule has 0 spiro atoms. The van der Waals surface area contributed by atoms with Crippen molar-refractivity contribution in [2.24, 2.45) is 0 Å². The molecule has 2 amide bonds. The van der Waals surface area contributed by atoms with Gasteiger partial charge in [0.05, 0.1) is 6.61 Å². The van der Waals surface area contributed by atoms with Gasteiger partial charge in [-0.15, -0.1) is 10.2 Å². The van der Waals surface area contributed by atoms with E-state index in [2.05, 4.69) is 20.8 Å². The Labute approximate surface area is 148 Å². The first kappa shape index (κ1) is 18.2. The molecule has 1 heterocycles. The van der Waals surface area contributed by atoms with Crippen molar-refractivity contribution in [1.29, 1.82) is 0 Å². The van der Waals surface area contributed by atoms with Crippen LogP contribution in [0, 0.1) is 0 Å². The molecule has 1 aromatic carbocycles. The van der Waals surface area contributed by atoms with Crippen molar-refractivity contribution >= 4 is 45.9 Å². The summed E-state index contributed by atoms with van der Waals surface area (Å²) in [5, 5.41) is 13.3. The van der Waals surface area contributed by atoms with Gasteiger partial charge in [-0.1, -0.05) is 48.2 Å². The van der Waals surface area contributed by atoms with E-state index >= 15 is 0 Å². The number of carbonyl (C=O) groups excluding carboxylic acids is 2. The molecular weight excluding hydrogens is 348 g/mol. The first-order valence-electron chi connectivity index (χ1n) is 7.42. The summed E-state index contributed by atoms with van der Waals surface area (Å²) in [6.45, 7) is 4.02. The van der Waals surface area contributed by atoms with Gasteiger partial charge in [0.15, 0.2) is 4.34 Å². The molecule has 0 unspecified atom stereocenters. The van der Waals surface area contributed by atoms with Crippen LogP contribution in [-0.4, -0.2) is 34.1 Å². The quantitative estimate of drug-likeness (QED) is 0.442. The van der Waals surface area contributed by atoms with Crippen LogP contribution in [0.1, 0.15) is 20.3 Å². The molecule has 0 bridgehead atoms. The SMILES string of the molecule is CCOC(=O)[C@@H](CC)Sc1nnc(NC(=O)Nc2ccccc2)s1. The molecule has 0 aliphatic carbocycles. The molecule has 1 atom stereocenters. The summed E-state index contributed by atoms with van der Waals surface area (Å²) < 4.78 is 5.62. The maximum atomic E-state index is 11.9. The number of hydrogen-bond acceptors (Lipinski definition) is 7. The van der Waals surface area contributed by atoms with Crippen molar-refractivity contribution < 1.29 is 14.3 Å². The minimum Gasteiger partial charge on any atom is -0.465 e. The van der Waals surface area contributed by atoms with Gasteiger partial charge in [0.2, 0.25) is 5.13 Å². The summed E-state index contributed by atoms with van der Waals surface area (Å²) in [4.78, 5) is 23.7. The van der Waals surface area contributed by atoms with E-state index in [1.165, 1.54) is 23.1 Å². The number of urea groups is 1. The summed E-state index contributed by atoms with van der Waals surface area (Å²) in [6, 6.07) is 8.69. The fourth-order valence-electron chi connectivity index (χ4n) is 1.74.